The first kappa shape index (κ1) is 26.0. The molecule has 1 atom stereocenters. The molecule has 0 spiro atoms. The van der Waals surface area contributed by atoms with Crippen LogP contribution in [-0.2, 0) is 22.6 Å². The number of halogens is 1. The van der Waals surface area contributed by atoms with Gasteiger partial charge in [0.1, 0.15) is 17.7 Å². The Labute approximate surface area is 202 Å². The Kier molecular flexibility index (Phi) is 7.69. The van der Waals surface area contributed by atoms with Gasteiger partial charge in [0.05, 0.1) is 0 Å². The average molecular weight is 488 g/mol. The van der Waals surface area contributed by atoms with Crippen molar-refractivity contribution in [2.45, 2.75) is 32.4 Å². The molecule has 10 nitrogen and oxygen atoms in total. The third-order valence-corrected chi connectivity index (χ3v) is 6.17. The zero-order valence-electron chi connectivity index (χ0n) is 20.5. The lowest BCUT2D eigenvalue weighted by Gasteiger charge is -2.30. The molecule has 11 heteroatoms. The van der Waals surface area contributed by atoms with Gasteiger partial charge < -0.3 is 19.8 Å². The first-order chi connectivity index (χ1) is 16.4. The number of aromatic hydroxyl groups is 1. The van der Waals surface area contributed by atoms with E-state index in [9.17, 15) is 28.7 Å². The largest absolute Gasteiger partial charge is 0.501 e. The van der Waals surface area contributed by atoms with E-state index >= 15 is 0 Å². The molecule has 0 fully saturated rings. The number of carbonyl (C=O) groups excluding carboxylic acids is 3. The van der Waals surface area contributed by atoms with Crippen molar-refractivity contribution in [3.05, 3.63) is 57.0 Å². The number of likely N-dealkylation sites (N-methyl/N-ethyl adjacent to an activating group) is 3. The van der Waals surface area contributed by atoms with Crippen molar-refractivity contribution >= 4 is 17.6 Å². The second-order valence-electron chi connectivity index (χ2n) is 9.02. The van der Waals surface area contributed by atoms with E-state index < -0.39 is 34.9 Å². The van der Waals surface area contributed by atoms with Gasteiger partial charge in [0, 0.05) is 47.2 Å². The molecule has 35 heavy (non-hydrogen) atoms. The normalized spacial score (nSPS) is 15.8. The molecule has 3 rings (SSSR count). The zero-order valence-corrected chi connectivity index (χ0v) is 20.5. The number of amides is 2. The molecule has 1 N–H and O–H groups in total. The number of aryl methyl sites for hydroxylation is 2. The quantitative estimate of drug-likeness (QED) is 0.489. The highest BCUT2D eigenvalue weighted by Crippen LogP contribution is 2.24. The first-order valence-corrected chi connectivity index (χ1v) is 11.2. The summed E-state index contributed by atoms with van der Waals surface area (Å²) < 4.78 is 14.8. The van der Waals surface area contributed by atoms with Crippen molar-refractivity contribution in [3.8, 4) is 5.75 Å². The maximum Gasteiger partial charge on any atom is 0.312 e. The third-order valence-electron chi connectivity index (χ3n) is 6.17. The van der Waals surface area contributed by atoms with E-state index in [1.165, 1.54) is 36.7 Å². The molecule has 188 valence electrons. The Morgan fingerprint density at radius 2 is 1.86 bits per heavy atom. The Morgan fingerprint density at radius 1 is 1.17 bits per heavy atom. The standard InChI is InChI=1S/C24H30FN5O5/c1-14-12-15(6-8-16(14)25)7-9-18(31)19-20(32)22(33)30-11-10-28(4)13-17(21(30)26-19)29(5)24(35)23(34)27(2)3/h6,8,12,17,32H,7,9-11,13H2,1-5H3. The Balaban J connectivity index is 1.98. The fourth-order valence-electron chi connectivity index (χ4n) is 3.98. The van der Waals surface area contributed by atoms with Crippen molar-refractivity contribution in [2.24, 2.45) is 0 Å². The molecular weight excluding hydrogens is 457 g/mol. The van der Waals surface area contributed by atoms with E-state index in [4.69, 9.17) is 0 Å². The van der Waals surface area contributed by atoms with Crippen molar-refractivity contribution in [3.63, 3.8) is 0 Å². The van der Waals surface area contributed by atoms with Gasteiger partial charge >= 0.3 is 11.8 Å². The molecule has 0 radical (unpaired) electrons. The summed E-state index contributed by atoms with van der Waals surface area (Å²) in [5.41, 5.74) is 0.0202. The molecule has 1 aromatic carbocycles. The molecule has 1 unspecified atom stereocenters. The number of Topliss-reactive ketones (excluding diaryl/α,β-unsaturated/α-hetero) is 1. The SMILES string of the molecule is Cc1cc(CCC(=O)c2nc3n(c(=O)c2O)CCN(C)CC3N(C)C(=O)C(=O)N(C)C)ccc1F. The van der Waals surface area contributed by atoms with Crippen molar-refractivity contribution in [2.75, 3.05) is 41.3 Å². The second kappa shape index (κ2) is 10.3. The molecule has 1 aromatic heterocycles. The Hall–Kier alpha value is -3.60. The van der Waals surface area contributed by atoms with Crippen molar-refractivity contribution < 1.29 is 23.9 Å². The molecule has 2 heterocycles. The molecule has 1 aliphatic rings. The molecule has 0 aliphatic carbocycles. The summed E-state index contributed by atoms with van der Waals surface area (Å²) in [6.45, 7) is 2.51. The summed E-state index contributed by atoms with van der Waals surface area (Å²) >= 11 is 0. The van der Waals surface area contributed by atoms with Gasteiger partial charge in [0.15, 0.2) is 11.5 Å². The number of benzene rings is 1. The fourth-order valence-corrected chi connectivity index (χ4v) is 3.98. The second-order valence-corrected chi connectivity index (χ2v) is 9.02. The van der Waals surface area contributed by atoms with Crippen LogP contribution in [0.2, 0.25) is 0 Å². The third kappa shape index (κ3) is 5.40. The summed E-state index contributed by atoms with van der Waals surface area (Å²) in [4.78, 5) is 59.6. The topological polar surface area (TPSA) is 116 Å². The van der Waals surface area contributed by atoms with Crippen LogP contribution in [0.1, 0.15) is 39.9 Å². The fraction of sp³-hybridized carbons (Fsp3) is 0.458. The zero-order chi connectivity index (χ0) is 26.0. The number of ketones is 1. The number of aromatic nitrogens is 2. The molecule has 0 bridgehead atoms. The minimum absolute atomic E-state index is 0.0625. The molecule has 2 amide bonds. The van der Waals surface area contributed by atoms with Crippen LogP contribution in [-0.4, -0.2) is 88.2 Å². The van der Waals surface area contributed by atoms with Crippen LogP contribution in [0, 0.1) is 12.7 Å². The molecular formula is C24H30FN5O5. The highest BCUT2D eigenvalue weighted by Gasteiger charge is 2.35. The summed E-state index contributed by atoms with van der Waals surface area (Å²) in [6, 6.07) is 3.72. The van der Waals surface area contributed by atoms with E-state index in [1.807, 2.05) is 4.90 Å². The van der Waals surface area contributed by atoms with Gasteiger partial charge in [-0.05, 0) is 37.6 Å². The molecule has 0 saturated carbocycles. The first-order valence-electron chi connectivity index (χ1n) is 11.2. The van der Waals surface area contributed by atoms with Crippen LogP contribution in [0.5, 0.6) is 5.75 Å². The predicted molar refractivity (Wildman–Crippen MR) is 126 cm³/mol. The molecule has 1 aliphatic heterocycles. The lowest BCUT2D eigenvalue weighted by Crippen LogP contribution is -2.45. The monoisotopic (exact) mass is 487 g/mol. The summed E-state index contributed by atoms with van der Waals surface area (Å²) in [5.74, 6) is -3.06. The van der Waals surface area contributed by atoms with Crippen molar-refractivity contribution in [1.29, 1.82) is 0 Å². The minimum atomic E-state index is -0.807. The number of hydrogen-bond donors (Lipinski definition) is 1. The van der Waals surface area contributed by atoms with Gasteiger partial charge in [0.2, 0.25) is 5.75 Å². The van der Waals surface area contributed by atoms with Gasteiger partial charge in [-0.3, -0.25) is 23.7 Å². The smallest absolute Gasteiger partial charge is 0.312 e. The lowest BCUT2D eigenvalue weighted by molar-refractivity contribution is -0.151. The summed E-state index contributed by atoms with van der Waals surface area (Å²) in [7, 11) is 6.16. The highest BCUT2D eigenvalue weighted by molar-refractivity contribution is 6.34. The van der Waals surface area contributed by atoms with Crippen LogP contribution in [0.4, 0.5) is 4.39 Å². The Bertz CT molecular complexity index is 1230. The van der Waals surface area contributed by atoms with E-state index in [0.29, 0.717) is 12.1 Å². The number of fused-ring (bicyclic) bond motifs is 1. The number of hydrogen-bond acceptors (Lipinski definition) is 7. The maximum atomic E-state index is 13.5. The molecule has 0 saturated heterocycles. The number of carbonyl (C=O) groups is 3. The van der Waals surface area contributed by atoms with Gasteiger partial charge in [-0.2, -0.15) is 0 Å². The van der Waals surface area contributed by atoms with Crippen LogP contribution in [0.3, 0.4) is 0 Å². The van der Waals surface area contributed by atoms with E-state index in [2.05, 4.69) is 4.98 Å². The maximum absolute atomic E-state index is 13.5. The van der Waals surface area contributed by atoms with Crippen LogP contribution in [0.25, 0.3) is 0 Å². The molecule has 2 aromatic rings. The van der Waals surface area contributed by atoms with Crippen LogP contribution >= 0.6 is 0 Å². The van der Waals surface area contributed by atoms with Gasteiger partial charge in [-0.1, -0.05) is 12.1 Å². The van der Waals surface area contributed by atoms with Gasteiger partial charge in [0.25, 0.3) is 5.56 Å². The number of nitrogens with zero attached hydrogens (tertiary/aromatic N) is 5. The summed E-state index contributed by atoms with van der Waals surface area (Å²) in [5, 5.41) is 10.5. The lowest BCUT2D eigenvalue weighted by atomic mass is 10.0. The number of rotatable bonds is 5. The van der Waals surface area contributed by atoms with E-state index in [0.717, 1.165) is 10.5 Å². The highest BCUT2D eigenvalue weighted by atomic mass is 19.1. The minimum Gasteiger partial charge on any atom is -0.501 e. The predicted octanol–water partition coefficient (Wildman–Crippen LogP) is 0.745. The van der Waals surface area contributed by atoms with Crippen LogP contribution in [0.15, 0.2) is 23.0 Å². The van der Waals surface area contributed by atoms with E-state index in [-0.39, 0.29) is 43.3 Å². The van der Waals surface area contributed by atoms with E-state index in [1.54, 1.807) is 26.1 Å². The van der Waals surface area contributed by atoms with Gasteiger partial charge in [-0.15, -0.1) is 0 Å². The van der Waals surface area contributed by atoms with Crippen LogP contribution < -0.4 is 5.56 Å². The van der Waals surface area contributed by atoms with Crippen molar-refractivity contribution in [1.82, 2.24) is 24.3 Å². The Morgan fingerprint density at radius 3 is 2.49 bits per heavy atom. The summed E-state index contributed by atoms with van der Waals surface area (Å²) in [6.07, 6.45) is 0.203. The van der Waals surface area contributed by atoms with Gasteiger partial charge in [-0.25, -0.2) is 9.37 Å². The average Bonchev–Trinajstić information content (AvgIpc) is 2.99.